The van der Waals surface area contributed by atoms with Crippen molar-refractivity contribution in [1.29, 1.82) is 0 Å². The summed E-state index contributed by atoms with van der Waals surface area (Å²) in [6.07, 6.45) is 6.18. The number of nitrogens with zero attached hydrogens (tertiary/aromatic N) is 1. The molecule has 0 aromatic carbocycles. The van der Waals surface area contributed by atoms with Crippen LogP contribution in [0.4, 0.5) is 0 Å². The Morgan fingerprint density at radius 3 is 3.05 bits per heavy atom. The number of methoxy groups -OCH3 is 1. The first-order valence-electron chi connectivity index (χ1n) is 6.93. The fraction of sp³-hybridized carbons (Fsp3) is 0.643. The second-order valence-electron chi connectivity index (χ2n) is 5.11. The van der Waals surface area contributed by atoms with Gasteiger partial charge < -0.3 is 20.4 Å². The Bertz CT molecular complexity index is 417. The first-order chi connectivity index (χ1) is 9.22. The van der Waals surface area contributed by atoms with Crippen LogP contribution in [0.5, 0.6) is 0 Å². The minimum atomic E-state index is -0.0385. The summed E-state index contributed by atoms with van der Waals surface area (Å²) in [6.45, 7) is 1.28. The van der Waals surface area contributed by atoms with Crippen LogP contribution in [0.3, 0.4) is 0 Å². The summed E-state index contributed by atoms with van der Waals surface area (Å²) < 4.78 is 6.95. The summed E-state index contributed by atoms with van der Waals surface area (Å²) in [7, 11) is 1.66. The van der Waals surface area contributed by atoms with Crippen molar-refractivity contribution in [1.82, 2.24) is 9.88 Å². The highest BCUT2D eigenvalue weighted by Crippen LogP contribution is 2.17. The highest BCUT2D eigenvalue weighted by molar-refractivity contribution is 5.93. The SMILES string of the molecule is COCCn1cccc1C(=O)NC1CCCCC1N. The average molecular weight is 265 g/mol. The van der Waals surface area contributed by atoms with Crippen LogP contribution in [0, 0.1) is 0 Å². The number of aromatic nitrogens is 1. The molecule has 2 atom stereocenters. The number of hydrogen-bond donors (Lipinski definition) is 2. The molecular formula is C14H23N3O2. The van der Waals surface area contributed by atoms with Gasteiger partial charge in [-0.05, 0) is 25.0 Å². The third kappa shape index (κ3) is 3.58. The summed E-state index contributed by atoms with van der Waals surface area (Å²) in [5, 5.41) is 3.06. The molecule has 0 bridgehead atoms. The van der Waals surface area contributed by atoms with E-state index in [0.29, 0.717) is 18.8 Å². The Balaban J connectivity index is 1.97. The van der Waals surface area contributed by atoms with Crippen molar-refractivity contribution in [2.75, 3.05) is 13.7 Å². The molecule has 1 aliphatic carbocycles. The van der Waals surface area contributed by atoms with E-state index in [9.17, 15) is 4.79 Å². The molecule has 5 heteroatoms. The van der Waals surface area contributed by atoms with Crippen LogP contribution in [0.15, 0.2) is 18.3 Å². The van der Waals surface area contributed by atoms with Gasteiger partial charge in [-0.3, -0.25) is 4.79 Å². The van der Waals surface area contributed by atoms with Crippen molar-refractivity contribution >= 4 is 5.91 Å². The van der Waals surface area contributed by atoms with Crippen molar-refractivity contribution in [3.8, 4) is 0 Å². The van der Waals surface area contributed by atoms with E-state index >= 15 is 0 Å². The number of nitrogens with one attached hydrogen (secondary N) is 1. The predicted molar refractivity (Wildman–Crippen MR) is 74.0 cm³/mol. The Morgan fingerprint density at radius 2 is 2.32 bits per heavy atom. The summed E-state index contributed by atoms with van der Waals surface area (Å²) in [6, 6.07) is 3.90. The van der Waals surface area contributed by atoms with Gasteiger partial charge in [0.2, 0.25) is 0 Å². The Labute approximate surface area is 114 Å². The van der Waals surface area contributed by atoms with Crippen molar-refractivity contribution in [3.05, 3.63) is 24.0 Å². The van der Waals surface area contributed by atoms with Gasteiger partial charge in [-0.2, -0.15) is 0 Å². The van der Waals surface area contributed by atoms with Crippen LogP contribution in [-0.4, -0.2) is 36.3 Å². The van der Waals surface area contributed by atoms with E-state index in [1.807, 2.05) is 22.9 Å². The smallest absolute Gasteiger partial charge is 0.268 e. The Morgan fingerprint density at radius 1 is 1.53 bits per heavy atom. The third-order valence-electron chi connectivity index (χ3n) is 3.73. The number of rotatable bonds is 5. The van der Waals surface area contributed by atoms with Crippen LogP contribution in [0.1, 0.15) is 36.2 Å². The molecule has 1 aliphatic rings. The van der Waals surface area contributed by atoms with E-state index in [4.69, 9.17) is 10.5 Å². The zero-order chi connectivity index (χ0) is 13.7. The number of hydrogen-bond acceptors (Lipinski definition) is 3. The third-order valence-corrected chi connectivity index (χ3v) is 3.73. The maximum atomic E-state index is 12.3. The lowest BCUT2D eigenvalue weighted by molar-refractivity contribution is 0.0909. The lowest BCUT2D eigenvalue weighted by Gasteiger charge is -2.29. The summed E-state index contributed by atoms with van der Waals surface area (Å²) >= 11 is 0. The molecule has 2 rings (SSSR count). The normalized spacial score (nSPS) is 23.3. The fourth-order valence-electron chi connectivity index (χ4n) is 2.59. The zero-order valence-corrected chi connectivity index (χ0v) is 11.5. The molecular weight excluding hydrogens is 242 g/mol. The van der Waals surface area contributed by atoms with Crippen LogP contribution in [-0.2, 0) is 11.3 Å². The molecule has 0 saturated heterocycles. The minimum Gasteiger partial charge on any atom is -0.383 e. The van der Waals surface area contributed by atoms with Crippen molar-refractivity contribution in [3.63, 3.8) is 0 Å². The van der Waals surface area contributed by atoms with Crippen molar-refractivity contribution in [2.24, 2.45) is 5.73 Å². The van der Waals surface area contributed by atoms with E-state index < -0.39 is 0 Å². The Kier molecular flexibility index (Phi) is 4.99. The van der Waals surface area contributed by atoms with Crippen LogP contribution < -0.4 is 11.1 Å². The molecule has 106 valence electrons. The quantitative estimate of drug-likeness (QED) is 0.838. The molecule has 0 radical (unpaired) electrons. The summed E-state index contributed by atoms with van der Waals surface area (Å²) in [5.74, 6) is -0.0385. The molecule has 1 aromatic rings. The first-order valence-corrected chi connectivity index (χ1v) is 6.93. The monoisotopic (exact) mass is 265 g/mol. The molecule has 2 unspecified atom stereocenters. The van der Waals surface area contributed by atoms with Gasteiger partial charge >= 0.3 is 0 Å². The van der Waals surface area contributed by atoms with E-state index in [-0.39, 0.29) is 18.0 Å². The molecule has 1 amide bonds. The van der Waals surface area contributed by atoms with E-state index in [1.165, 1.54) is 0 Å². The second-order valence-corrected chi connectivity index (χ2v) is 5.11. The maximum absolute atomic E-state index is 12.3. The van der Waals surface area contributed by atoms with Crippen molar-refractivity contribution in [2.45, 2.75) is 44.3 Å². The standard InChI is InChI=1S/C14H23N3O2/c1-19-10-9-17-8-4-7-13(17)14(18)16-12-6-3-2-5-11(12)15/h4,7-8,11-12H,2-3,5-6,9-10,15H2,1H3,(H,16,18). The lowest BCUT2D eigenvalue weighted by Crippen LogP contribution is -2.49. The van der Waals surface area contributed by atoms with Gasteiger partial charge in [-0.15, -0.1) is 0 Å². The van der Waals surface area contributed by atoms with Gasteiger partial charge in [0.1, 0.15) is 5.69 Å². The van der Waals surface area contributed by atoms with Crippen molar-refractivity contribution < 1.29 is 9.53 Å². The number of amides is 1. The molecule has 1 saturated carbocycles. The van der Waals surface area contributed by atoms with Gasteiger partial charge in [-0.1, -0.05) is 12.8 Å². The van der Waals surface area contributed by atoms with Gasteiger partial charge in [0.15, 0.2) is 0 Å². The van der Waals surface area contributed by atoms with Gasteiger partial charge in [0.25, 0.3) is 5.91 Å². The molecule has 1 aromatic heterocycles. The Hall–Kier alpha value is -1.33. The fourth-order valence-corrected chi connectivity index (χ4v) is 2.59. The minimum absolute atomic E-state index is 0.0385. The maximum Gasteiger partial charge on any atom is 0.268 e. The van der Waals surface area contributed by atoms with Gasteiger partial charge in [-0.25, -0.2) is 0 Å². The van der Waals surface area contributed by atoms with E-state index in [2.05, 4.69) is 5.32 Å². The first kappa shape index (κ1) is 14.1. The second kappa shape index (κ2) is 6.73. The van der Waals surface area contributed by atoms with E-state index in [0.717, 1.165) is 25.7 Å². The highest BCUT2D eigenvalue weighted by atomic mass is 16.5. The van der Waals surface area contributed by atoms with Gasteiger partial charge in [0, 0.05) is 31.9 Å². The zero-order valence-electron chi connectivity index (χ0n) is 11.5. The molecule has 1 fully saturated rings. The largest absolute Gasteiger partial charge is 0.383 e. The molecule has 0 aliphatic heterocycles. The molecule has 19 heavy (non-hydrogen) atoms. The number of carbonyl (C=O) groups is 1. The topological polar surface area (TPSA) is 69.3 Å². The molecule has 5 nitrogen and oxygen atoms in total. The van der Waals surface area contributed by atoms with Crippen LogP contribution in [0.25, 0.3) is 0 Å². The summed E-state index contributed by atoms with van der Waals surface area (Å²) in [5.41, 5.74) is 6.73. The molecule has 1 heterocycles. The van der Waals surface area contributed by atoms with E-state index in [1.54, 1.807) is 7.11 Å². The number of nitrogens with two attached hydrogens (primary N) is 1. The van der Waals surface area contributed by atoms with Crippen LogP contribution >= 0.6 is 0 Å². The lowest BCUT2D eigenvalue weighted by atomic mass is 9.91. The average Bonchev–Trinajstić information content (AvgIpc) is 2.87. The summed E-state index contributed by atoms with van der Waals surface area (Å²) in [4.78, 5) is 12.3. The predicted octanol–water partition coefficient (Wildman–Crippen LogP) is 1.13. The molecule has 3 N–H and O–H groups in total. The number of ether oxygens (including phenoxy) is 1. The number of carbonyl (C=O) groups excluding carboxylic acids is 1. The molecule has 0 spiro atoms. The highest BCUT2D eigenvalue weighted by Gasteiger charge is 2.24. The van der Waals surface area contributed by atoms with Crippen LogP contribution in [0.2, 0.25) is 0 Å². The van der Waals surface area contributed by atoms with Gasteiger partial charge in [0.05, 0.1) is 6.61 Å².